The summed E-state index contributed by atoms with van der Waals surface area (Å²) in [5.74, 6) is 0.834. The highest BCUT2D eigenvalue weighted by Crippen LogP contribution is 2.37. The van der Waals surface area contributed by atoms with Crippen LogP contribution < -0.4 is 5.32 Å². The predicted octanol–water partition coefficient (Wildman–Crippen LogP) is 4.69. The first-order valence-corrected chi connectivity index (χ1v) is 9.47. The van der Waals surface area contributed by atoms with E-state index in [2.05, 4.69) is 10.4 Å². The van der Waals surface area contributed by atoms with Gasteiger partial charge in [0.15, 0.2) is 0 Å². The fourth-order valence-corrected chi connectivity index (χ4v) is 4.60. The van der Waals surface area contributed by atoms with Crippen LogP contribution in [0, 0.1) is 5.92 Å². The number of hydrogen-bond acceptors (Lipinski definition) is 4. The molecule has 0 spiro atoms. The number of hydrogen-bond donors (Lipinski definition) is 1. The van der Waals surface area contributed by atoms with Gasteiger partial charge in [-0.1, -0.05) is 29.3 Å². The van der Waals surface area contributed by atoms with Crippen molar-refractivity contribution in [1.29, 1.82) is 0 Å². The van der Waals surface area contributed by atoms with Crippen molar-refractivity contribution >= 4 is 56.3 Å². The van der Waals surface area contributed by atoms with E-state index in [1.807, 2.05) is 12.1 Å². The van der Waals surface area contributed by atoms with Gasteiger partial charge in [-0.15, -0.1) is 11.3 Å². The first-order chi connectivity index (χ1) is 12.1. The standard InChI is InChI=1S/C17H15Cl2N3O2S/c18-11-1-2-12-13(7-11)25-16(15(12)19)17(23)21-14-3-5-20-22(14)8-10-4-6-24-9-10/h1-3,5,7,10H,4,6,8-9H2,(H,21,23)/t10-/m1/s1. The van der Waals surface area contributed by atoms with Crippen molar-refractivity contribution in [2.75, 3.05) is 18.5 Å². The van der Waals surface area contributed by atoms with Crippen LogP contribution in [0.15, 0.2) is 30.5 Å². The van der Waals surface area contributed by atoms with E-state index in [1.54, 1.807) is 23.0 Å². The highest BCUT2D eigenvalue weighted by Gasteiger charge is 2.21. The Kier molecular flexibility index (Phi) is 4.69. The van der Waals surface area contributed by atoms with Gasteiger partial charge in [0.1, 0.15) is 10.7 Å². The number of halogens is 2. The number of benzene rings is 1. The van der Waals surface area contributed by atoms with Crippen LogP contribution in [0.2, 0.25) is 10.0 Å². The second kappa shape index (κ2) is 6.96. The maximum absolute atomic E-state index is 12.7. The molecule has 0 radical (unpaired) electrons. The van der Waals surface area contributed by atoms with E-state index in [0.717, 1.165) is 36.3 Å². The van der Waals surface area contributed by atoms with Crippen LogP contribution in [-0.2, 0) is 11.3 Å². The third-order valence-corrected chi connectivity index (χ3v) is 6.10. The van der Waals surface area contributed by atoms with E-state index in [-0.39, 0.29) is 5.91 Å². The predicted molar refractivity (Wildman–Crippen MR) is 101 cm³/mol. The molecule has 1 aliphatic heterocycles. The van der Waals surface area contributed by atoms with Gasteiger partial charge in [-0.2, -0.15) is 5.10 Å². The van der Waals surface area contributed by atoms with E-state index < -0.39 is 0 Å². The molecule has 1 N–H and O–H groups in total. The Bertz CT molecular complexity index is 931. The summed E-state index contributed by atoms with van der Waals surface area (Å²) in [6.07, 6.45) is 2.69. The lowest BCUT2D eigenvalue weighted by atomic mass is 10.1. The molecule has 3 aromatic rings. The molecular formula is C17H15Cl2N3O2S. The van der Waals surface area contributed by atoms with Crippen molar-refractivity contribution in [3.8, 4) is 0 Å². The van der Waals surface area contributed by atoms with Crippen LogP contribution >= 0.6 is 34.5 Å². The third-order valence-electron chi connectivity index (χ3n) is 4.21. The lowest BCUT2D eigenvalue weighted by Gasteiger charge is -2.11. The number of amides is 1. The molecule has 0 unspecified atom stereocenters. The SMILES string of the molecule is O=C(Nc1ccnn1C[C@H]1CCOC1)c1sc2cc(Cl)ccc2c1Cl. The third kappa shape index (κ3) is 3.40. The Balaban J connectivity index is 1.56. The molecule has 1 amide bonds. The van der Waals surface area contributed by atoms with Crippen molar-refractivity contribution in [2.24, 2.45) is 5.92 Å². The lowest BCUT2D eigenvalue weighted by Crippen LogP contribution is -2.18. The number of ether oxygens (including phenoxy) is 1. The summed E-state index contributed by atoms with van der Waals surface area (Å²) in [4.78, 5) is 13.2. The van der Waals surface area contributed by atoms with Crippen LogP contribution in [0.5, 0.6) is 0 Å². The van der Waals surface area contributed by atoms with Crippen molar-refractivity contribution in [1.82, 2.24) is 9.78 Å². The van der Waals surface area contributed by atoms with Gasteiger partial charge in [-0.3, -0.25) is 4.79 Å². The van der Waals surface area contributed by atoms with Gasteiger partial charge in [-0.25, -0.2) is 4.68 Å². The van der Waals surface area contributed by atoms with Crippen LogP contribution in [0.3, 0.4) is 0 Å². The molecule has 25 heavy (non-hydrogen) atoms. The maximum atomic E-state index is 12.7. The van der Waals surface area contributed by atoms with E-state index in [4.69, 9.17) is 27.9 Å². The van der Waals surface area contributed by atoms with Gasteiger partial charge in [-0.05, 0) is 18.6 Å². The molecule has 1 aromatic carbocycles. The highest BCUT2D eigenvalue weighted by atomic mass is 35.5. The Hall–Kier alpha value is -1.60. The van der Waals surface area contributed by atoms with Crippen LogP contribution in [0.1, 0.15) is 16.1 Å². The first kappa shape index (κ1) is 16.8. The number of nitrogens with one attached hydrogen (secondary N) is 1. The van der Waals surface area contributed by atoms with Crippen LogP contribution in [0.4, 0.5) is 5.82 Å². The van der Waals surface area contributed by atoms with Gasteiger partial charge >= 0.3 is 0 Å². The van der Waals surface area contributed by atoms with Crippen LogP contribution in [0.25, 0.3) is 10.1 Å². The number of fused-ring (bicyclic) bond motifs is 1. The smallest absolute Gasteiger partial charge is 0.268 e. The van der Waals surface area contributed by atoms with Crippen molar-refractivity contribution in [3.05, 3.63) is 45.4 Å². The zero-order chi connectivity index (χ0) is 17.4. The minimum absolute atomic E-state index is 0.244. The molecule has 4 rings (SSSR count). The van der Waals surface area contributed by atoms with Gasteiger partial charge < -0.3 is 10.1 Å². The molecule has 0 saturated carbocycles. The molecule has 8 heteroatoms. The molecule has 1 fully saturated rings. The first-order valence-electron chi connectivity index (χ1n) is 7.90. The average Bonchev–Trinajstić information content (AvgIpc) is 3.30. The lowest BCUT2D eigenvalue weighted by molar-refractivity contribution is 0.102. The summed E-state index contributed by atoms with van der Waals surface area (Å²) < 4.78 is 8.09. The van der Waals surface area contributed by atoms with E-state index in [1.165, 1.54) is 11.3 Å². The number of rotatable bonds is 4. The Morgan fingerprint density at radius 3 is 3.08 bits per heavy atom. The fraction of sp³-hybridized carbons (Fsp3) is 0.294. The number of anilines is 1. The van der Waals surface area contributed by atoms with Gasteiger partial charge in [0.25, 0.3) is 5.91 Å². The number of aromatic nitrogens is 2. The quantitative estimate of drug-likeness (QED) is 0.696. The minimum atomic E-state index is -0.244. The van der Waals surface area contributed by atoms with Crippen molar-refractivity contribution < 1.29 is 9.53 Å². The van der Waals surface area contributed by atoms with Gasteiger partial charge in [0.2, 0.25) is 0 Å². The topological polar surface area (TPSA) is 56.2 Å². The zero-order valence-corrected chi connectivity index (χ0v) is 15.5. The molecule has 1 atom stereocenters. The Morgan fingerprint density at radius 1 is 1.40 bits per heavy atom. The van der Waals surface area contributed by atoms with Gasteiger partial charge in [0.05, 0.1) is 17.8 Å². The molecule has 1 aliphatic rings. The van der Waals surface area contributed by atoms with Gasteiger partial charge in [0, 0.05) is 40.2 Å². The van der Waals surface area contributed by atoms with Crippen LogP contribution in [-0.4, -0.2) is 28.9 Å². The molecule has 1 saturated heterocycles. The Morgan fingerprint density at radius 2 is 2.28 bits per heavy atom. The number of thiophene rings is 1. The fourth-order valence-electron chi connectivity index (χ4n) is 2.91. The maximum Gasteiger partial charge on any atom is 0.268 e. The summed E-state index contributed by atoms with van der Waals surface area (Å²) in [6.45, 7) is 2.24. The molecule has 3 heterocycles. The molecule has 5 nitrogen and oxygen atoms in total. The summed E-state index contributed by atoms with van der Waals surface area (Å²) in [7, 11) is 0. The number of nitrogens with zero attached hydrogens (tertiary/aromatic N) is 2. The monoisotopic (exact) mass is 395 g/mol. The average molecular weight is 396 g/mol. The molecule has 0 bridgehead atoms. The zero-order valence-electron chi connectivity index (χ0n) is 13.2. The van der Waals surface area contributed by atoms with E-state index in [0.29, 0.717) is 26.7 Å². The van der Waals surface area contributed by atoms with E-state index >= 15 is 0 Å². The second-order valence-electron chi connectivity index (χ2n) is 5.97. The summed E-state index contributed by atoms with van der Waals surface area (Å²) in [6, 6.07) is 7.20. The summed E-state index contributed by atoms with van der Waals surface area (Å²) >= 11 is 13.7. The normalized spacial score (nSPS) is 17.3. The molecule has 130 valence electrons. The highest BCUT2D eigenvalue weighted by molar-refractivity contribution is 7.21. The molecule has 2 aromatic heterocycles. The number of carbonyl (C=O) groups is 1. The van der Waals surface area contributed by atoms with E-state index in [9.17, 15) is 4.79 Å². The van der Waals surface area contributed by atoms with Crippen molar-refractivity contribution in [3.63, 3.8) is 0 Å². The summed E-state index contributed by atoms with van der Waals surface area (Å²) in [5, 5.41) is 9.11. The van der Waals surface area contributed by atoms with Crippen molar-refractivity contribution in [2.45, 2.75) is 13.0 Å². The second-order valence-corrected chi connectivity index (χ2v) is 7.83. The molecule has 0 aliphatic carbocycles. The Labute approximate surface area is 158 Å². The summed E-state index contributed by atoms with van der Waals surface area (Å²) in [5.41, 5.74) is 0. The minimum Gasteiger partial charge on any atom is -0.381 e. The number of carbonyl (C=O) groups excluding carboxylic acids is 1. The largest absolute Gasteiger partial charge is 0.381 e. The molecular weight excluding hydrogens is 381 g/mol.